The molecule has 0 radical (unpaired) electrons. The van der Waals surface area contributed by atoms with Crippen LogP contribution >= 0.6 is 0 Å². The van der Waals surface area contributed by atoms with Crippen molar-refractivity contribution in [3.63, 3.8) is 0 Å². The minimum Gasteiger partial charge on any atom is -0.362 e. The molecule has 118 valence electrons. The molecule has 0 aliphatic rings. The smallest absolute Gasteiger partial charge is 0.239 e. The maximum absolute atomic E-state index is 11.7. The predicted molar refractivity (Wildman–Crippen MR) is 89.6 cm³/mol. The molecule has 0 aromatic heterocycles. The van der Waals surface area contributed by atoms with E-state index in [0.29, 0.717) is 6.54 Å². The van der Waals surface area contributed by atoms with Gasteiger partial charge in [0, 0.05) is 31.4 Å². The molecular formula is C17H29N3O. The molecule has 0 fully saturated rings. The van der Waals surface area contributed by atoms with Gasteiger partial charge in [0.25, 0.3) is 0 Å². The number of hydrogen-bond donors (Lipinski definition) is 2. The summed E-state index contributed by atoms with van der Waals surface area (Å²) in [5, 5.41) is 6.22. The quantitative estimate of drug-likeness (QED) is 0.811. The lowest BCUT2D eigenvalue weighted by atomic mass is 10.1. The average Bonchev–Trinajstić information content (AvgIpc) is 2.44. The number of para-hydroxylation sites is 1. The highest BCUT2D eigenvalue weighted by Gasteiger charge is 2.15. The van der Waals surface area contributed by atoms with Crippen LogP contribution in [0.4, 0.5) is 5.69 Å². The molecule has 2 N–H and O–H groups in total. The van der Waals surface area contributed by atoms with Crippen LogP contribution in [0, 0.1) is 0 Å². The Morgan fingerprint density at radius 3 is 2.48 bits per heavy atom. The van der Waals surface area contributed by atoms with Crippen LogP contribution in [0.3, 0.4) is 0 Å². The fourth-order valence-electron chi connectivity index (χ4n) is 2.14. The first-order chi connectivity index (χ1) is 9.87. The van der Waals surface area contributed by atoms with Crippen molar-refractivity contribution < 1.29 is 4.79 Å². The second-order valence-corrected chi connectivity index (χ2v) is 6.33. The topological polar surface area (TPSA) is 44.4 Å². The summed E-state index contributed by atoms with van der Waals surface area (Å²) in [7, 11) is 1.68. The zero-order valence-corrected chi connectivity index (χ0v) is 14.0. The van der Waals surface area contributed by atoms with Gasteiger partial charge in [-0.2, -0.15) is 0 Å². The molecule has 0 heterocycles. The molecule has 0 spiro atoms. The Balaban J connectivity index is 2.93. The first-order valence-corrected chi connectivity index (χ1v) is 7.66. The molecule has 1 aromatic rings. The molecule has 0 aliphatic carbocycles. The summed E-state index contributed by atoms with van der Waals surface area (Å²) in [6.45, 7) is 10.7. The van der Waals surface area contributed by atoms with Crippen LogP contribution in [-0.2, 0) is 11.3 Å². The summed E-state index contributed by atoms with van der Waals surface area (Å²) >= 11 is 0. The van der Waals surface area contributed by atoms with Gasteiger partial charge in [0.15, 0.2) is 0 Å². The van der Waals surface area contributed by atoms with Crippen molar-refractivity contribution in [1.29, 1.82) is 0 Å². The van der Waals surface area contributed by atoms with Crippen LogP contribution in [0.25, 0.3) is 0 Å². The number of benzene rings is 1. The van der Waals surface area contributed by atoms with E-state index in [-0.39, 0.29) is 11.4 Å². The number of nitrogens with zero attached hydrogens (tertiary/aromatic N) is 1. The number of rotatable bonds is 7. The minimum absolute atomic E-state index is 0.0435. The van der Waals surface area contributed by atoms with Crippen LogP contribution < -0.4 is 15.5 Å². The van der Waals surface area contributed by atoms with Crippen LogP contribution in [-0.4, -0.2) is 31.6 Å². The van der Waals surface area contributed by atoms with Gasteiger partial charge in [-0.1, -0.05) is 25.1 Å². The molecule has 4 heteroatoms. The van der Waals surface area contributed by atoms with E-state index in [0.717, 1.165) is 25.2 Å². The third kappa shape index (κ3) is 6.17. The van der Waals surface area contributed by atoms with E-state index in [1.807, 2.05) is 12.1 Å². The Hall–Kier alpha value is -1.55. The predicted octanol–water partition coefficient (Wildman–Crippen LogP) is 2.54. The van der Waals surface area contributed by atoms with Gasteiger partial charge in [0.2, 0.25) is 5.91 Å². The highest BCUT2D eigenvalue weighted by Crippen LogP contribution is 2.21. The fraction of sp³-hybridized carbons (Fsp3) is 0.588. The van der Waals surface area contributed by atoms with Crippen molar-refractivity contribution in [3.05, 3.63) is 29.8 Å². The fourth-order valence-corrected chi connectivity index (χ4v) is 2.14. The largest absolute Gasteiger partial charge is 0.362 e. The number of hydrogen-bond acceptors (Lipinski definition) is 3. The zero-order chi connectivity index (χ0) is 15.9. The van der Waals surface area contributed by atoms with Gasteiger partial charge in [-0.25, -0.2) is 0 Å². The van der Waals surface area contributed by atoms with Gasteiger partial charge < -0.3 is 15.5 Å². The molecule has 1 aromatic carbocycles. The van der Waals surface area contributed by atoms with E-state index in [1.54, 1.807) is 7.05 Å². The lowest BCUT2D eigenvalue weighted by Crippen LogP contribution is -2.38. The number of carbonyl (C=O) groups is 1. The van der Waals surface area contributed by atoms with Crippen LogP contribution in [0.5, 0.6) is 0 Å². The molecule has 0 aliphatic heterocycles. The van der Waals surface area contributed by atoms with Crippen LogP contribution in [0.1, 0.15) is 39.7 Å². The van der Waals surface area contributed by atoms with Gasteiger partial charge in [-0.3, -0.25) is 4.79 Å². The van der Waals surface area contributed by atoms with Crippen molar-refractivity contribution in [2.45, 2.75) is 46.2 Å². The van der Waals surface area contributed by atoms with Gasteiger partial charge in [0.05, 0.1) is 6.54 Å². The highest BCUT2D eigenvalue weighted by atomic mass is 16.1. The molecule has 0 bridgehead atoms. The minimum atomic E-state index is 0.0435. The van der Waals surface area contributed by atoms with Crippen molar-refractivity contribution in [2.75, 3.05) is 25.0 Å². The number of anilines is 1. The van der Waals surface area contributed by atoms with E-state index in [4.69, 9.17) is 0 Å². The maximum Gasteiger partial charge on any atom is 0.239 e. The number of nitrogens with one attached hydrogen (secondary N) is 2. The first-order valence-electron chi connectivity index (χ1n) is 7.66. The second-order valence-electron chi connectivity index (χ2n) is 6.33. The average molecular weight is 291 g/mol. The normalized spacial score (nSPS) is 11.3. The Kier molecular flexibility index (Phi) is 6.69. The Morgan fingerprint density at radius 2 is 1.90 bits per heavy atom. The third-order valence-electron chi connectivity index (χ3n) is 3.25. The van der Waals surface area contributed by atoms with Gasteiger partial charge in [-0.15, -0.1) is 0 Å². The first kappa shape index (κ1) is 17.5. The summed E-state index contributed by atoms with van der Waals surface area (Å²) in [6.07, 6.45) is 1.01. The standard InChI is InChI=1S/C17H29N3O/c1-6-11-20(13-16(21)18-5)15-10-8-7-9-14(15)12-19-17(2,3)4/h7-10,19H,6,11-13H2,1-5H3,(H,18,21). The van der Waals surface area contributed by atoms with Gasteiger partial charge in [-0.05, 0) is 38.8 Å². The molecule has 0 saturated carbocycles. The Labute approximate surface area is 128 Å². The SMILES string of the molecule is CCCN(CC(=O)NC)c1ccccc1CNC(C)(C)C. The van der Waals surface area contributed by atoms with Crippen LogP contribution in [0.15, 0.2) is 24.3 Å². The molecule has 0 atom stereocenters. The highest BCUT2D eigenvalue weighted by molar-refractivity contribution is 5.81. The molecule has 1 amide bonds. The van der Waals surface area contributed by atoms with E-state index in [9.17, 15) is 4.79 Å². The molecule has 4 nitrogen and oxygen atoms in total. The molecular weight excluding hydrogens is 262 g/mol. The molecule has 0 saturated heterocycles. The third-order valence-corrected chi connectivity index (χ3v) is 3.25. The second kappa shape index (κ2) is 8.03. The summed E-state index contributed by atoms with van der Waals surface area (Å²) < 4.78 is 0. The summed E-state index contributed by atoms with van der Waals surface area (Å²) in [4.78, 5) is 13.9. The molecule has 0 unspecified atom stereocenters. The molecule has 1 rings (SSSR count). The van der Waals surface area contributed by atoms with Crippen molar-refractivity contribution in [2.24, 2.45) is 0 Å². The van der Waals surface area contributed by atoms with Crippen molar-refractivity contribution in [1.82, 2.24) is 10.6 Å². The Bertz CT molecular complexity index is 452. The van der Waals surface area contributed by atoms with Crippen molar-refractivity contribution >= 4 is 11.6 Å². The van der Waals surface area contributed by atoms with E-state index < -0.39 is 0 Å². The summed E-state index contributed by atoms with van der Waals surface area (Å²) in [5.41, 5.74) is 2.44. The van der Waals surface area contributed by atoms with Gasteiger partial charge in [0.1, 0.15) is 0 Å². The van der Waals surface area contributed by atoms with E-state index in [1.165, 1.54) is 5.56 Å². The zero-order valence-electron chi connectivity index (χ0n) is 14.0. The number of amides is 1. The van der Waals surface area contributed by atoms with Crippen LogP contribution in [0.2, 0.25) is 0 Å². The summed E-state index contributed by atoms with van der Waals surface area (Å²) in [5.74, 6) is 0.0435. The maximum atomic E-state index is 11.7. The molecule has 21 heavy (non-hydrogen) atoms. The lowest BCUT2D eigenvalue weighted by Gasteiger charge is -2.28. The van der Waals surface area contributed by atoms with Gasteiger partial charge >= 0.3 is 0 Å². The summed E-state index contributed by atoms with van der Waals surface area (Å²) in [6, 6.07) is 8.30. The lowest BCUT2D eigenvalue weighted by molar-refractivity contribution is -0.119. The van der Waals surface area contributed by atoms with E-state index >= 15 is 0 Å². The number of likely N-dealkylation sites (N-methyl/N-ethyl adjacent to an activating group) is 1. The Morgan fingerprint density at radius 1 is 1.24 bits per heavy atom. The number of carbonyl (C=O) groups excluding carboxylic acids is 1. The monoisotopic (exact) mass is 291 g/mol. The van der Waals surface area contributed by atoms with E-state index in [2.05, 4.69) is 55.4 Å². The van der Waals surface area contributed by atoms with Crippen molar-refractivity contribution in [3.8, 4) is 0 Å².